The third-order valence-electron chi connectivity index (χ3n) is 9.11. The van der Waals surface area contributed by atoms with E-state index in [1.165, 1.54) is 89.9 Å². The van der Waals surface area contributed by atoms with Crippen molar-refractivity contribution in [3.05, 3.63) is 12.2 Å². The minimum atomic E-state index is -1.10. The van der Waals surface area contributed by atoms with Crippen molar-refractivity contribution in [2.45, 2.75) is 193 Å². The number of aliphatic carboxylic acids is 3. The van der Waals surface area contributed by atoms with E-state index in [0.29, 0.717) is 25.7 Å². The molecule has 0 aliphatic rings. The molecule has 0 aromatic carbocycles. The minimum Gasteiger partial charge on any atom is -0.477 e. The smallest absolute Gasteiger partial charge is 0.362 e. The average molecular weight is 611 g/mol. The first-order chi connectivity index (χ1) is 20.7. The van der Waals surface area contributed by atoms with E-state index in [-0.39, 0.29) is 25.8 Å². The van der Waals surface area contributed by atoms with Crippen LogP contribution < -0.4 is 0 Å². The molecule has 0 fully saturated rings. The number of nitrogens with zero attached hydrogens (tertiary/aromatic N) is 1. The molecule has 252 valence electrons. The van der Waals surface area contributed by atoms with Crippen molar-refractivity contribution in [1.29, 1.82) is 0 Å². The Morgan fingerprint density at radius 3 is 1.07 bits per heavy atom. The SMILES string of the molecule is CCCCCCCCCCCCCCCCC/C=C/CC[N+](C(CCC)C(=O)O)(C(CCC)C(=O)O)C(CCC)C(=O)O. The Kier molecular flexibility index (Phi) is 25.3. The molecular formula is C36H68NO6+. The first-order valence-electron chi connectivity index (χ1n) is 17.9. The lowest BCUT2D eigenvalue weighted by atomic mass is 9.91. The number of hydrogen-bond acceptors (Lipinski definition) is 3. The molecule has 0 amide bonds. The van der Waals surface area contributed by atoms with Gasteiger partial charge in [0.2, 0.25) is 0 Å². The lowest BCUT2D eigenvalue weighted by Crippen LogP contribution is -2.72. The molecule has 0 saturated heterocycles. The van der Waals surface area contributed by atoms with E-state index in [2.05, 4.69) is 13.0 Å². The van der Waals surface area contributed by atoms with Crippen molar-refractivity contribution in [2.75, 3.05) is 6.54 Å². The second kappa shape index (κ2) is 26.5. The number of carboxylic acids is 3. The number of carboxylic acid groups (broad SMARTS) is 3. The molecule has 0 aliphatic heterocycles. The highest BCUT2D eigenvalue weighted by atomic mass is 16.4. The zero-order chi connectivity index (χ0) is 32.3. The zero-order valence-electron chi connectivity index (χ0n) is 28.4. The lowest BCUT2D eigenvalue weighted by Gasteiger charge is -2.50. The van der Waals surface area contributed by atoms with E-state index in [0.717, 1.165) is 12.8 Å². The Labute approximate surface area is 264 Å². The minimum absolute atomic E-state index is 0.195. The van der Waals surface area contributed by atoms with Gasteiger partial charge in [-0.15, -0.1) is 0 Å². The summed E-state index contributed by atoms with van der Waals surface area (Å²) in [6.07, 6.45) is 27.8. The van der Waals surface area contributed by atoms with Crippen molar-refractivity contribution < 1.29 is 34.2 Å². The molecular weight excluding hydrogens is 542 g/mol. The summed E-state index contributed by atoms with van der Waals surface area (Å²) in [4.78, 5) is 37.7. The van der Waals surface area contributed by atoms with Gasteiger partial charge < -0.3 is 15.3 Å². The van der Waals surface area contributed by atoms with Gasteiger partial charge in [-0.3, -0.25) is 4.48 Å². The average Bonchev–Trinajstić information content (AvgIpc) is 2.97. The van der Waals surface area contributed by atoms with Crippen LogP contribution >= 0.6 is 0 Å². The molecule has 0 aliphatic carbocycles. The van der Waals surface area contributed by atoms with Crippen molar-refractivity contribution in [3.63, 3.8) is 0 Å². The number of quaternary nitrogens is 1. The summed E-state index contributed by atoms with van der Waals surface area (Å²) in [5, 5.41) is 30.8. The molecule has 7 heteroatoms. The zero-order valence-corrected chi connectivity index (χ0v) is 28.4. The summed E-state index contributed by atoms with van der Waals surface area (Å²) in [5.41, 5.74) is 0. The topological polar surface area (TPSA) is 112 Å². The second-order valence-electron chi connectivity index (χ2n) is 12.6. The molecule has 0 bridgehead atoms. The van der Waals surface area contributed by atoms with E-state index >= 15 is 0 Å². The predicted octanol–water partition coefficient (Wildman–Crippen LogP) is 9.77. The van der Waals surface area contributed by atoms with Crippen molar-refractivity contribution in [1.82, 2.24) is 0 Å². The van der Waals surface area contributed by atoms with Crippen LogP contribution in [-0.2, 0) is 14.4 Å². The van der Waals surface area contributed by atoms with E-state index < -0.39 is 40.5 Å². The predicted molar refractivity (Wildman–Crippen MR) is 177 cm³/mol. The van der Waals surface area contributed by atoms with Gasteiger partial charge in [-0.1, -0.05) is 130 Å². The molecule has 3 unspecified atom stereocenters. The van der Waals surface area contributed by atoms with Gasteiger partial charge in [0, 0.05) is 25.7 Å². The number of carbonyl (C=O) groups is 3. The Morgan fingerprint density at radius 1 is 0.465 bits per heavy atom. The molecule has 7 nitrogen and oxygen atoms in total. The maximum atomic E-state index is 12.6. The van der Waals surface area contributed by atoms with Crippen LogP contribution in [0.1, 0.15) is 175 Å². The van der Waals surface area contributed by atoms with Gasteiger partial charge in [-0.05, 0) is 32.1 Å². The third-order valence-corrected chi connectivity index (χ3v) is 9.11. The second-order valence-corrected chi connectivity index (χ2v) is 12.6. The Morgan fingerprint density at radius 2 is 0.767 bits per heavy atom. The Bertz CT molecular complexity index is 692. The molecule has 0 spiro atoms. The Hall–Kier alpha value is -1.89. The van der Waals surface area contributed by atoms with Gasteiger partial charge in [0.1, 0.15) is 0 Å². The van der Waals surface area contributed by atoms with Gasteiger partial charge in [-0.25, -0.2) is 14.4 Å². The molecule has 0 rings (SSSR count). The summed E-state index contributed by atoms with van der Waals surface area (Å²) in [7, 11) is 0. The van der Waals surface area contributed by atoms with Gasteiger partial charge in [-0.2, -0.15) is 0 Å². The highest BCUT2D eigenvalue weighted by molar-refractivity contribution is 5.78. The van der Waals surface area contributed by atoms with Gasteiger partial charge >= 0.3 is 17.9 Å². The van der Waals surface area contributed by atoms with E-state index in [9.17, 15) is 29.7 Å². The van der Waals surface area contributed by atoms with Gasteiger partial charge in [0.15, 0.2) is 18.1 Å². The molecule has 0 aromatic heterocycles. The van der Waals surface area contributed by atoms with Crippen LogP contribution in [0.4, 0.5) is 0 Å². The quantitative estimate of drug-likeness (QED) is 0.0409. The van der Waals surface area contributed by atoms with E-state index in [4.69, 9.17) is 0 Å². The van der Waals surface area contributed by atoms with Crippen LogP contribution in [0.3, 0.4) is 0 Å². The maximum Gasteiger partial charge on any atom is 0.362 e. The van der Waals surface area contributed by atoms with Crippen molar-refractivity contribution >= 4 is 17.9 Å². The van der Waals surface area contributed by atoms with E-state index in [1.54, 1.807) is 0 Å². The number of allylic oxidation sites excluding steroid dienone is 1. The molecule has 0 saturated carbocycles. The first-order valence-corrected chi connectivity index (χ1v) is 17.9. The van der Waals surface area contributed by atoms with Crippen molar-refractivity contribution in [3.8, 4) is 0 Å². The van der Waals surface area contributed by atoms with Crippen LogP contribution in [0.5, 0.6) is 0 Å². The summed E-state index contributed by atoms with van der Waals surface area (Å²) >= 11 is 0. The van der Waals surface area contributed by atoms with E-state index in [1.807, 2.05) is 26.8 Å². The third kappa shape index (κ3) is 16.7. The standard InChI is InChI=1S/C36H67NO6/c1-5-9-10-11-12-13-14-15-16-17-18-19-20-21-22-23-24-25-26-30-37(31(27-6-2)34(38)39,32(28-7-3)35(40)41)33(29-8-4)36(42)43/h24-25,31-33H,5-23,26-30H2,1-4H3,(H2-,38,39,40,41,42,43)/p+1/b25-24+. The van der Waals surface area contributed by atoms with Gasteiger partial charge in [0.05, 0.1) is 6.54 Å². The highest BCUT2D eigenvalue weighted by Crippen LogP contribution is 2.34. The highest BCUT2D eigenvalue weighted by Gasteiger charge is 2.56. The summed E-state index contributed by atoms with van der Waals surface area (Å²) in [6, 6.07) is -3.22. The monoisotopic (exact) mass is 611 g/mol. The molecule has 0 aromatic rings. The van der Waals surface area contributed by atoms with Crippen LogP contribution in [0.25, 0.3) is 0 Å². The number of hydrogen-bond donors (Lipinski definition) is 3. The lowest BCUT2D eigenvalue weighted by molar-refractivity contribution is -0.973. The number of unbranched alkanes of at least 4 members (excludes halogenated alkanes) is 15. The molecule has 0 radical (unpaired) electrons. The van der Waals surface area contributed by atoms with Crippen LogP contribution in [0, 0.1) is 0 Å². The largest absolute Gasteiger partial charge is 0.477 e. The maximum absolute atomic E-state index is 12.6. The molecule has 3 N–H and O–H groups in total. The van der Waals surface area contributed by atoms with Crippen LogP contribution in [0.2, 0.25) is 0 Å². The first kappa shape index (κ1) is 41.1. The summed E-state index contributed by atoms with van der Waals surface area (Å²) < 4.78 is -0.418. The van der Waals surface area contributed by atoms with Gasteiger partial charge in [0.25, 0.3) is 0 Å². The fourth-order valence-corrected chi connectivity index (χ4v) is 6.82. The summed E-state index contributed by atoms with van der Waals surface area (Å²) in [5.74, 6) is -3.31. The fourth-order valence-electron chi connectivity index (χ4n) is 6.82. The normalized spacial score (nSPS) is 15.3. The Balaban J connectivity index is 4.90. The fraction of sp³-hybridized carbons (Fsp3) is 0.861. The summed E-state index contributed by atoms with van der Waals surface area (Å²) in [6.45, 7) is 8.06. The molecule has 0 heterocycles. The molecule has 3 atom stereocenters. The van der Waals surface area contributed by atoms with Crippen molar-refractivity contribution in [2.24, 2.45) is 0 Å². The van der Waals surface area contributed by atoms with Crippen LogP contribution in [-0.4, -0.2) is 62.4 Å². The van der Waals surface area contributed by atoms with Crippen LogP contribution in [0.15, 0.2) is 12.2 Å². The number of rotatable bonds is 31. The molecule has 43 heavy (non-hydrogen) atoms.